The second kappa shape index (κ2) is 8.21. The highest BCUT2D eigenvalue weighted by molar-refractivity contribution is 6.02. The SMILES string of the molecule is C=Cc1ncc(C(=O)N[C@H]2CCCc3ccccc32)c(N(C)C)c1/C=C\C. The topological polar surface area (TPSA) is 45.2 Å². The number of hydrogen-bond acceptors (Lipinski definition) is 3. The summed E-state index contributed by atoms with van der Waals surface area (Å²) in [5, 5.41) is 3.24. The van der Waals surface area contributed by atoms with Crippen molar-refractivity contribution < 1.29 is 4.79 Å². The number of carbonyl (C=O) groups is 1. The first kappa shape index (κ1) is 18.9. The predicted octanol–water partition coefficient (Wildman–Crippen LogP) is 4.63. The molecule has 1 aromatic carbocycles. The molecule has 0 fully saturated rings. The Kier molecular flexibility index (Phi) is 5.75. The third-order valence-corrected chi connectivity index (χ3v) is 5.01. The normalized spacial score (nSPS) is 16.0. The van der Waals surface area contributed by atoms with Crippen LogP contribution < -0.4 is 10.2 Å². The molecule has 1 aromatic heterocycles. The number of benzene rings is 1. The number of amides is 1. The molecule has 3 rings (SSSR count). The predicted molar refractivity (Wildman–Crippen MR) is 113 cm³/mol. The van der Waals surface area contributed by atoms with Gasteiger partial charge in [0.15, 0.2) is 0 Å². The van der Waals surface area contributed by atoms with Crippen molar-refractivity contribution in [2.75, 3.05) is 19.0 Å². The minimum absolute atomic E-state index is 0.0433. The molecular weight excluding hydrogens is 334 g/mol. The zero-order valence-corrected chi connectivity index (χ0v) is 16.3. The molecule has 0 bridgehead atoms. The summed E-state index contributed by atoms with van der Waals surface area (Å²) < 4.78 is 0. The minimum atomic E-state index is -0.0886. The molecule has 4 heteroatoms. The smallest absolute Gasteiger partial charge is 0.255 e. The Morgan fingerprint density at radius 2 is 2.11 bits per heavy atom. The van der Waals surface area contributed by atoms with Crippen LogP contribution in [0, 0.1) is 0 Å². The van der Waals surface area contributed by atoms with Crippen LogP contribution in [0.15, 0.2) is 43.1 Å². The fourth-order valence-corrected chi connectivity index (χ4v) is 3.81. The summed E-state index contributed by atoms with van der Waals surface area (Å²) in [5.74, 6) is -0.0886. The lowest BCUT2D eigenvalue weighted by atomic mass is 9.87. The number of rotatable bonds is 5. The maximum absolute atomic E-state index is 13.2. The molecule has 0 saturated carbocycles. The third-order valence-electron chi connectivity index (χ3n) is 5.01. The number of hydrogen-bond donors (Lipinski definition) is 1. The molecule has 140 valence electrons. The van der Waals surface area contributed by atoms with Gasteiger partial charge in [-0.1, -0.05) is 43.0 Å². The number of nitrogens with zero attached hydrogens (tertiary/aromatic N) is 2. The fraction of sp³-hybridized carbons (Fsp3) is 0.304. The van der Waals surface area contributed by atoms with Gasteiger partial charge in [0, 0.05) is 25.9 Å². The van der Waals surface area contributed by atoms with Crippen LogP contribution in [0.4, 0.5) is 5.69 Å². The number of aryl methyl sites for hydroxylation is 1. The van der Waals surface area contributed by atoms with Crippen molar-refractivity contribution in [2.24, 2.45) is 0 Å². The number of fused-ring (bicyclic) bond motifs is 1. The van der Waals surface area contributed by atoms with Crippen LogP contribution in [0.2, 0.25) is 0 Å². The molecule has 1 atom stereocenters. The summed E-state index contributed by atoms with van der Waals surface area (Å²) in [4.78, 5) is 19.6. The van der Waals surface area contributed by atoms with Gasteiger partial charge in [-0.05, 0) is 43.4 Å². The van der Waals surface area contributed by atoms with E-state index in [4.69, 9.17) is 0 Å². The highest BCUT2D eigenvalue weighted by Crippen LogP contribution is 2.32. The molecule has 4 nitrogen and oxygen atoms in total. The van der Waals surface area contributed by atoms with E-state index in [1.807, 2.05) is 44.1 Å². The van der Waals surface area contributed by atoms with Crippen molar-refractivity contribution in [3.8, 4) is 0 Å². The largest absolute Gasteiger partial charge is 0.376 e. The highest BCUT2D eigenvalue weighted by Gasteiger charge is 2.25. The number of carbonyl (C=O) groups excluding carboxylic acids is 1. The molecule has 27 heavy (non-hydrogen) atoms. The van der Waals surface area contributed by atoms with Gasteiger partial charge in [-0.3, -0.25) is 9.78 Å². The minimum Gasteiger partial charge on any atom is -0.376 e. The van der Waals surface area contributed by atoms with Gasteiger partial charge in [0.2, 0.25) is 0 Å². The second-order valence-electron chi connectivity index (χ2n) is 7.04. The molecule has 1 N–H and O–H groups in total. The van der Waals surface area contributed by atoms with Crippen LogP contribution in [-0.2, 0) is 6.42 Å². The van der Waals surface area contributed by atoms with Gasteiger partial charge in [-0.15, -0.1) is 0 Å². The van der Waals surface area contributed by atoms with E-state index in [-0.39, 0.29) is 11.9 Å². The summed E-state index contributed by atoms with van der Waals surface area (Å²) in [6.07, 6.45) is 10.4. The van der Waals surface area contributed by atoms with Crippen molar-refractivity contribution in [3.05, 3.63) is 71.1 Å². The Morgan fingerprint density at radius 3 is 2.81 bits per heavy atom. The maximum Gasteiger partial charge on any atom is 0.255 e. The first-order chi connectivity index (χ1) is 13.1. The van der Waals surface area contributed by atoms with E-state index in [1.54, 1.807) is 12.3 Å². The van der Waals surface area contributed by atoms with Gasteiger partial charge in [0.1, 0.15) is 0 Å². The molecule has 2 aromatic rings. The summed E-state index contributed by atoms with van der Waals surface area (Å²) in [7, 11) is 3.89. The van der Waals surface area contributed by atoms with Gasteiger partial charge in [-0.25, -0.2) is 0 Å². The Hall–Kier alpha value is -2.88. The van der Waals surface area contributed by atoms with Crippen LogP contribution in [0.3, 0.4) is 0 Å². The van der Waals surface area contributed by atoms with Crippen LogP contribution in [-0.4, -0.2) is 25.0 Å². The zero-order chi connectivity index (χ0) is 19.4. The molecule has 0 spiro atoms. The number of nitrogens with one attached hydrogen (secondary N) is 1. The average Bonchev–Trinajstić information content (AvgIpc) is 2.68. The number of pyridine rings is 1. The van der Waals surface area contributed by atoms with Gasteiger partial charge < -0.3 is 10.2 Å². The molecule has 1 heterocycles. The third kappa shape index (κ3) is 3.80. The van der Waals surface area contributed by atoms with E-state index in [2.05, 4.69) is 35.1 Å². The van der Waals surface area contributed by atoms with Crippen LogP contribution >= 0.6 is 0 Å². The molecule has 1 aliphatic rings. The van der Waals surface area contributed by atoms with Crippen molar-refractivity contribution >= 4 is 23.7 Å². The van der Waals surface area contributed by atoms with Gasteiger partial charge in [0.25, 0.3) is 5.91 Å². The lowest BCUT2D eigenvalue weighted by Gasteiger charge is -2.27. The number of allylic oxidation sites excluding steroid dienone is 1. The summed E-state index contributed by atoms with van der Waals surface area (Å²) >= 11 is 0. The molecule has 0 aliphatic heterocycles. The molecule has 1 amide bonds. The summed E-state index contributed by atoms with van der Waals surface area (Å²) in [6.45, 7) is 5.81. The first-order valence-electron chi connectivity index (χ1n) is 9.41. The highest BCUT2D eigenvalue weighted by atomic mass is 16.1. The van der Waals surface area contributed by atoms with Crippen LogP contribution in [0.25, 0.3) is 12.2 Å². The molecular formula is C23H27N3O. The van der Waals surface area contributed by atoms with Crippen molar-refractivity contribution in [1.82, 2.24) is 10.3 Å². The Morgan fingerprint density at radius 1 is 1.33 bits per heavy atom. The Balaban J connectivity index is 1.98. The van der Waals surface area contributed by atoms with E-state index in [0.717, 1.165) is 36.2 Å². The van der Waals surface area contributed by atoms with Crippen molar-refractivity contribution in [1.29, 1.82) is 0 Å². The summed E-state index contributed by atoms with van der Waals surface area (Å²) in [5.41, 5.74) is 5.69. The van der Waals surface area contributed by atoms with Gasteiger partial charge >= 0.3 is 0 Å². The van der Waals surface area contributed by atoms with E-state index >= 15 is 0 Å². The number of anilines is 1. The zero-order valence-electron chi connectivity index (χ0n) is 16.3. The standard InChI is InChI=1S/C23H27N3O/c1-5-10-18-20(6-2)24-15-19(22(18)26(3)4)23(27)25-21-14-9-12-16-11-7-8-13-17(16)21/h5-8,10-11,13,15,21H,2,9,12,14H2,1,3-4H3,(H,25,27)/b10-5-/t21-/m0/s1. The monoisotopic (exact) mass is 361 g/mol. The van der Waals surface area contributed by atoms with E-state index in [0.29, 0.717) is 5.56 Å². The molecule has 0 radical (unpaired) electrons. The van der Waals surface area contributed by atoms with Gasteiger partial charge in [0.05, 0.1) is 23.0 Å². The van der Waals surface area contributed by atoms with E-state index < -0.39 is 0 Å². The van der Waals surface area contributed by atoms with Crippen molar-refractivity contribution in [2.45, 2.75) is 32.2 Å². The molecule has 0 saturated heterocycles. The van der Waals surface area contributed by atoms with Crippen molar-refractivity contribution in [3.63, 3.8) is 0 Å². The second-order valence-corrected chi connectivity index (χ2v) is 7.04. The maximum atomic E-state index is 13.2. The van der Waals surface area contributed by atoms with Crippen LogP contribution in [0.1, 0.15) is 58.5 Å². The molecule has 1 aliphatic carbocycles. The molecule has 0 unspecified atom stereocenters. The fourth-order valence-electron chi connectivity index (χ4n) is 3.81. The lowest BCUT2D eigenvalue weighted by Crippen LogP contribution is -2.32. The number of aromatic nitrogens is 1. The Labute approximate surface area is 161 Å². The lowest BCUT2D eigenvalue weighted by molar-refractivity contribution is 0.0933. The quantitative estimate of drug-likeness (QED) is 0.844. The van der Waals surface area contributed by atoms with E-state index in [9.17, 15) is 4.79 Å². The van der Waals surface area contributed by atoms with E-state index in [1.165, 1.54) is 11.1 Å². The summed E-state index contributed by atoms with van der Waals surface area (Å²) in [6, 6.07) is 8.43. The van der Waals surface area contributed by atoms with Gasteiger partial charge in [-0.2, -0.15) is 0 Å². The Bertz CT molecular complexity index is 883. The first-order valence-corrected chi connectivity index (χ1v) is 9.41. The average molecular weight is 361 g/mol. The van der Waals surface area contributed by atoms with Crippen LogP contribution in [0.5, 0.6) is 0 Å².